The molecule has 0 aromatic rings. The molecule has 0 aliphatic rings. The maximum Gasteiger partial charge on any atom is 0.112 e. The van der Waals surface area contributed by atoms with E-state index in [1.165, 1.54) is 6.92 Å². The lowest BCUT2D eigenvalue weighted by atomic mass is 9.92. The summed E-state index contributed by atoms with van der Waals surface area (Å²) in [6, 6.07) is 0. The van der Waals surface area contributed by atoms with E-state index in [-0.39, 0.29) is 6.54 Å². The van der Waals surface area contributed by atoms with E-state index in [0.29, 0.717) is 0 Å². The van der Waals surface area contributed by atoms with Gasteiger partial charge in [-0.25, -0.2) is 0 Å². The second-order valence-corrected chi connectivity index (χ2v) is 3.25. The van der Waals surface area contributed by atoms with Crippen LogP contribution in [0.1, 0.15) is 6.92 Å². The first-order valence-electron chi connectivity index (χ1n) is 3.94. The van der Waals surface area contributed by atoms with Crippen molar-refractivity contribution in [2.75, 3.05) is 13.2 Å². The van der Waals surface area contributed by atoms with Gasteiger partial charge in [0.15, 0.2) is 0 Å². The van der Waals surface area contributed by atoms with E-state index in [1.807, 2.05) is 0 Å². The highest BCUT2D eigenvalue weighted by Gasteiger charge is 2.37. The first kappa shape index (κ1) is 12.8. The Labute approximate surface area is 76.2 Å². The van der Waals surface area contributed by atoms with Crippen molar-refractivity contribution in [3.8, 4) is 0 Å². The number of hydrogen-bond acceptors (Lipinski definition) is 6. The van der Waals surface area contributed by atoms with Gasteiger partial charge in [-0.05, 0) is 6.92 Å². The number of nitrogens with two attached hydrogens (primary N) is 1. The van der Waals surface area contributed by atoms with E-state index in [2.05, 4.69) is 0 Å². The highest BCUT2D eigenvalue weighted by molar-refractivity contribution is 4.90. The predicted molar refractivity (Wildman–Crippen MR) is 44.8 cm³/mol. The molecule has 0 amide bonds. The van der Waals surface area contributed by atoms with Crippen LogP contribution in [-0.2, 0) is 0 Å². The van der Waals surface area contributed by atoms with Gasteiger partial charge in [0.25, 0.3) is 0 Å². The summed E-state index contributed by atoms with van der Waals surface area (Å²) in [7, 11) is 0. The minimum atomic E-state index is -1.68. The molecule has 0 fully saturated rings. The third-order valence-electron chi connectivity index (χ3n) is 1.96. The van der Waals surface area contributed by atoms with Crippen LogP contribution in [0.3, 0.4) is 0 Å². The third kappa shape index (κ3) is 3.18. The van der Waals surface area contributed by atoms with Gasteiger partial charge in [0.05, 0.1) is 6.61 Å². The molecule has 4 unspecified atom stereocenters. The van der Waals surface area contributed by atoms with Crippen LogP contribution in [0, 0.1) is 0 Å². The van der Waals surface area contributed by atoms with Gasteiger partial charge in [0, 0.05) is 6.54 Å². The van der Waals surface area contributed by atoms with Crippen molar-refractivity contribution in [2.24, 2.45) is 5.73 Å². The number of aliphatic hydroxyl groups is 5. The quantitative estimate of drug-likeness (QED) is 0.274. The van der Waals surface area contributed by atoms with Gasteiger partial charge in [-0.3, -0.25) is 0 Å². The maximum absolute atomic E-state index is 9.38. The first-order valence-corrected chi connectivity index (χ1v) is 3.94. The van der Waals surface area contributed by atoms with Gasteiger partial charge in [-0.2, -0.15) is 0 Å². The average Bonchev–Trinajstić information content (AvgIpc) is 2.14. The fourth-order valence-corrected chi connectivity index (χ4v) is 0.807. The van der Waals surface area contributed by atoms with E-state index >= 15 is 0 Å². The third-order valence-corrected chi connectivity index (χ3v) is 1.96. The summed E-state index contributed by atoms with van der Waals surface area (Å²) in [4.78, 5) is 0. The number of hydrogen-bond donors (Lipinski definition) is 6. The second kappa shape index (κ2) is 4.85. The molecular weight excluding hydrogens is 178 g/mol. The fourth-order valence-electron chi connectivity index (χ4n) is 0.807. The lowest BCUT2D eigenvalue weighted by Crippen LogP contribution is -2.55. The van der Waals surface area contributed by atoms with Crippen molar-refractivity contribution < 1.29 is 25.5 Å². The zero-order valence-electron chi connectivity index (χ0n) is 7.46. The summed E-state index contributed by atoms with van der Waals surface area (Å²) < 4.78 is 0. The fraction of sp³-hybridized carbons (Fsp3) is 1.00. The van der Waals surface area contributed by atoms with Gasteiger partial charge in [0.1, 0.15) is 23.9 Å². The summed E-state index contributed by atoms with van der Waals surface area (Å²) in [5, 5.41) is 45.3. The van der Waals surface area contributed by atoms with E-state index < -0.39 is 30.5 Å². The first-order chi connectivity index (χ1) is 5.86. The van der Waals surface area contributed by atoms with Crippen LogP contribution in [0.4, 0.5) is 0 Å². The molecule has 0 aromatic heterocycles. The monoisotopic (exact) mass is 195 g/mol. The molecule has 0 rings (SSSR count). The van der Waals surface area contributed by atoms with Gasteiger partial charge in [0.2, 0.25) is 0 Å². The van der Waals surface area contributed by atoms with E-state index in [0.717, 1.165) is 0 Å². The zero-order chi connectivity index (χ0) is 10.6. The topological polar surface area (TPSA) is 127 Å². The summed E-state index contributed by atoms with van der Waals surface area (Å²) in [6.45, 7) is 0.271. The Bertz CT molecular complexity index is 152. The molecule has 0 heterocycles. The molecule has 0 radical (unpaired) electrons. The predicted octanol–water partition coefficient (Wildman–Crippen LogP) is -3.23. The molecule has 4 atom stereocenters. The van der Waals surface area contributed by atoms with E-state index in [1.54, 1.807) is 0 Å². The van der Waals surface area contributed by atoms with Gasteiger partial charge >= 0.3 is 0 Å². The van der Waals surface area contributed by atoms with Crippen molar-refractivity contribution in [3.05, 3.63) is 0 Å². The summed E-state index contributed by atoms with van der Waals surface area (Å²) in [5.74, 6) is 0. The van der Waals surface area contributed by atoms with Crippen LogP contribution in [0.15, 0.2) is 0 Å². The smallest absolute Gasteiger partial charge is 0.112 e. The molecule has 0 saturated carbocycles. The molecule has 0 aliphatic heterocycles. The number of aliphatic hydroxyl groups excluding tert-OH is 4. The lowest BCUT2D eigenvalue weighted by Gasteiger charge is -2.32. The molecule has 0 bridgehead atoms. The molecule has 0 saturated heterocycles. The van der Waals surface area contributed by atoms with Crippen molar-refractivity contribution in [1.82, 2.24) is 0 Å². The van der Waals surface area contributed by atoms with Gasteiger partial charge in [-0.15, -0.1) is 0 Å². The Hall–Kier alpha value is -0.240. The molecule has 7 N–H and O–H groups in total. The molecule has 80 valence electrons. The van der Waals surface area contributed by atoms with Crippen molar-refractivity contribution in [2.45, 2.75) is 30.8 Å². The summed E-state index contributed by atoms with van der Waals surface area (Å²) in [6.07, 6.45) is -4.71. The minimum absolute atomic E-state index is 0.261. The molecule has 0 spiro atoms. The largest absolute Gasteiger partial charge is 0.394 e. The maximum atomic E-state index is 9.38. The van der Waals surface area contributed by atoms with E-state index in [4.69, 9.17) is 15.9 Å². The van der Waals surface area contributed by atoms with Gasteiger partial charge < -0.3 is 31.3 Å². The average molecular weight is 195 g/mol. The highest BCUT2D eigenvalue weighted by Crippen LogP contribution is 2.13. The lowest BCUT2D eigenvalue weighted by molar-refractivity contribution is -0.147. The van der Waals surface area contributed by atoms with Crippen LogP contribution in [0.25, 0.3) is 0 Å². The van der Waals surface area contributed by atoms with Gasteiger partial charge in [-0.1, -0.05) is 0 Å². The SMILES string of the molecule is CC(O)(CN)C(O)C(O)C(O)CO. The van der Waals surface area contributed by atoms with Crippen LogP contribution in [0.2, 0.25) is 0 Å². The molecular formula is C7H17NO5. The Morgan fingerprint density at radius 2 is 1.77 bits per heavy atom. The summed E-state index contributed by atoms with van der Waals surface area (Å²) in [5.41, 5.74) is 3.44. The second-order valence-electron chi connectivity index (χ2n) is 3.25. The van der Waals surface area contributed by atoms with Crippen LogP contribution < -0.4 is 5.73 Å². The van der Waals surface area contributed by atoms with E-state index in [9.17, 15) is 15.3 Å². The van der Waals surface area contributed by atoms with Crippen molar-refractivity contribution in [1.29, 1.82) is 0 Å². The molecule has 6 heteroatoms. The Morgan fingerprint density at radius 1 is 1.31 bits per heavy atom. The molecule has 6 nitrogen and oxygen atoms in total. The standard InChI is InChI=1S/C7H17NO5/c1-7(13,3-8)6(12)5(11)4(10)2-9/h4-6,9-13H,2-3,8H2,1H3. The van der Waals surface area contributed by atoms with Crippen LogP contribution in [-0.4, -0.2) is 62.6 Å². The van der Waals surface area contributed by atoms with Crippen molar-refractivity contribution in [3.63, 3.8) is 0 Å². The molecule has 0 aliphatic carbocycles. The zero-order valence-corrected chi connectivity index (χ0v) is 7.46. The highest BCUT2D eigenvalue weighted by atomic mass is 16.4. The Morgan fingerprint density at radius 3 is 2.08 bits per heavy atom. The van der Waals surface area contributed by atoms with Crippen LogP contribution in [0.5, 0.6) is 0 Å². The van der Waals surface area contributed by atoms with Crippen molar-refractivity contribution >= 4 is 0 Å². The normalized spacial score (nSPS) is 23.3. The number of rotatable bonds is 5. The van der Waals surface area contributed by atoms with Crippen LogP contribution >= 0.6 is 0 Å². The molecule has 13 heavy (non-hydrogen) atoms. The Balaban J connectivity index is 4.32. The molecule has 0 aromatic carbocycles. The Kier molecular flexibility index (Phi) is 4.76. The summed E-state index contributed by atoms with van der Waals surface area (Å²) >= 11 is 0. The minimum Gasteiger partial charge on any atom is -0.394 e.